The van der Waals surface area contributed by atoms with Gasteiger partial charge in [0, 0.05) is 0 Å². The van der Waals surface area contributed by atoms with Crippen molar-refractivity contribution in [2.24, 2.45) is 0 Å². The monoisotopic (exact) mass is 152 g/mol. The maximum Gasteiger partial charge on any atom is 0.114 e. The van der Waals surface area contributed by atoms with Gasteiger partial charge in [-0.3, -0.25) is 0 Å². The number of benzene rings is 2. The average molecular weight is 152 g/mol. The van der Waals surface area contributed by atoms with Crippen LogP contribution in [0.3, 0.4) is 0 Å². The van der Waals surface area contributed by atoms with Crippen molar-refractivity contribution >= 4 is 24.1 Å². The molecule has 0 heterocycles. The normalized spacial score (nSPS) is 10.4. The molecule has 0 nitrogen and oxygen atoms in total. The Morgan fingerprint density at radius 3 is 2.75 bits per heavy atom. The zero-order chi connectivity index (χ0) is 8.55. The van der Waals surface area contributed by atoms with Gasteiger partial charge in [-0.1, -0.05) is 47.4 Å². The van der Waals surface area contributed by atoms with Gasteiger partial charge in [-0.15, -0.1) is 0 Å². The van der Waals surface area contributed by atoms with Crippen LogP contribution in [0.15, 0.2) is 36.4 Å². The summed E-state index contributed by atoms with van der Waals surface area (Å²) >= 11 is 0. The van der Waals surface area contributed by atoms with E-state index in [1.54, 1.807) is 0 Å². The Balaban J connectivity index is 2.88. The molecule has 0 saturated heterocycles. The maximum absolute atomic E-state index is 5.83. The summed E-state index contributed by atoms with van der Waals surface area (Å²) in [5.74, 6) is 0. The highest BCUT2D eigenvalue weighted by Gasteiger charge is 1.94. The Morgan fingerprint density at radius 2 is 1.92 bits per heavy atom. The highest BCUT2D eigenvalue weighted by atomic mass is 14.0. The van der Waals surface area contributed by atoms with Gasteiger partial charge in [0.1, 0.15) is 7.85 Å². The Kier molecular flexibility index (Phi) is 1.65. The van der Waals surface area contributed by atoms with Crippen molar-refractivity contribution in [3.05, 3.63) is 42.0 Å². The predicted octanol–water partition coefficient (Wildman–Crippen LogP) is 1.94. The van der Waals surface area contributed by atoms with Crippen LogP contribution < -0.4 is 5.46 Å². The van der Waals surface area contributed by atoms with Gasteiger partial charge in [0.25, 0.3) is 0 Å². The first kappa shape index (κ1) is 7.42. The number of hydrogen-bond acceptors (Lipinski definition) is 0. The van der Waals surface area contributed by atoms with Crippen molar-refractivity contribution in [2.75, 3.05) is 0 Å². The molecule has 0 atom stereocenters. The van der Waals surface area contributed by atoms with Gasteiger partial charge >= 0.3 is 0 Å². The summed E-state index contributed by atoms with van der Waals surface area (Å²) in [6, 6.07) is 12.3. The van der Waals surface area contributed by atoms with Crippen molar-refractivity contribution in [1.29, 1.82) is 0 Å². The standard InChI is InChI=1S/C11H9B/c1-8-5-6-9-3-2-4-11(12)10(9)7-8/h2-7H,1H3. The molecule has 0 aliphatic heterocycles. The molecule has 0 bridgehead atoms. The van der Waals surface area contributed by atoms with Gasteiger partial charge in [0.2, 0.25) is 0 Å². The summed E-state index contributed by atoms with van der Waals surface area (Å²) in [7, 11) is 5.83. The second kappa shape index (κ2) is 2.67. The van der Waals surface area contributed by atoms with E-state index in [4.69, 9.17) is 7.85 Å². The van der Waals surface area contributed by atoms with Crippen molar-refractivity contribution in [3.63, 3.8) is 0 Å². The zero-order valence-electron chi connectivity index (χ0n) is 7.04. The Morgan fingerprint density at radius 1 is 1.08 bits per heavy atom. The minimum atomic E-state index is 0.858. The van der Waals surface area contributed by atoms with Crippen LogP contribution in [0.1, 0.15) is 5.56 Å². The molecule has 0 fully saturated rings. The van der Waals surface area contributed by atoms with E-state index in [2.05, 4.69) is 31.2 Å². The van der Waals surface area contributed by atoms with Crippen LogP contribution >= 0.6 is 0 Å². The summed E-state index contributed by atoms with van der Waals surface area (Å²) in [5, 5.41) is 2.36. The number of rotatable bonds is 0. The summed E-state index contributed by atoms with van der Waals surface area (Å²) in [6.45, 7) is 2.08. The van der Waals surface area contributed by atoms with Gasteiger partial charge in [-0.25, -0.2) is 0 Å². The molecule has 0 saturated carbocycles. The molecule has 0 aromatic heterocycles. The SMILES string of the molecule is [B]c1cccc2ccc(C)cc12. The van der Waals surface area contributed by atoms with E-state index in [0.717, 1.165) is 10.8 Å². The Hall–Kier alpha value is -1.24. The molecule has 0 aliphatic rings. The van der Waals surface area contributed by atoms with Crippen LogP contribution in [0, 0.1) is 6.92 Å². The molecule has 1 heteroatoms. The fourth-order valence-electron chi connectivity index (χ4n) is 1.41. The van der Waals surface area contributed by atoms with Crippen molar-refractivity contribution in [3.8, 4) is 0 Å². The quantitative estimate of drug-likeness (QED) is 0.506. The first-order valence-corrected chi connectivity index (χ1v) is 4.02. The lowest BCUT2D eigenvalue weighted by Crippen LogP contribution is -2.02. The van der Waals surface area contributed by atoms with Crippen LogP contribution in [0.4, 0.5) is 0 Å². The number of aryl methyl sites for hydroxylation is 1. The summed E-state index contributed by atoms with van der Waals surface area (Å²) in [4.78, 5) is 0. The first-order chi connectivity index (χ1) is 5.77. The summed E-state index contributed by atoms with van der Waals surface area (Å²) < 4.78 is 0. The van der Waals surface area contributed by atoms with E-state index in [1.165, 1.54) is 10.9 Å². The molecule has 0 N–H and O–H groups in total. The predicted molar refractivity (Wildman–Crippen MR) is 54.1 cm³/mol. The van der Waals surface area contributed by atoms with Crippen molar-refractivity contribution in [1.82, 2.24) is 0 Å². The molecule has 56 valence electrons. The molecule has 2 aromatic rings. The molecule has 2 rings (SSSR count). The van der Waals surface area contributed by atoms with Crippen molar-refractivity contribution in [2.45, 2.75) is 6.92 Å². The molecule has 2 radical (unpaired) electrons. The van der Waals surface area contributed by atoms with Crippen LogP contribution in [0.2, 0.25) is 0 Å². The summed E-state index contributed by atoms with van der Waals surface area (Å²) in [6.07, 6.45) is 0. The van der Waals surface area contributed by atoms with E-state index in [9.17, 15) is 0 Å². The van der Waals surface area contributed by atoms with Gasteiger partial charge in [-0.2, -0.15) is 0 Å². The molecule has 0 unspecified atom stereocenters. The second-order valence-corrected chi connectivity index (χ2v) is 3.07. The molecular formula is C11H9B. The first-order valence-electron chi connectivity index (χ1n) is 4.02. The highest BCUT2D eigenvalue weighted by Crippen LogP contribution is 2.12. The Bertz CT molecular complexity index is 418. The maximum atomic E-state index is 5.83. The average Bonchev–Trinajstić information content (AvgIpc) is 2.07. The van der Waals surface area contributed by atoms with Crippen LogP contribution in [-0.4, -0.2) is 7.85 Å². The minimum Gasteiger partial charge on any atom is -0.0890 e. The minimum absolute atomic E-state index is 0.858. The molecular weight excluding hydrogens is 143 g/mol. The van der Waals surface area contributed by atoms with Gasteiger partial charge < -0.3 is 0 Å². The molecule has 0 aliphatic carbocycles. The van der Waals surface area contributed by atoms with Gasteiger partial charge in [-0.05, 0) is 17.7 Å². The molecule has 2 aromatic carbocycles. The molecule has 0 spiro atoms. The largest absolute Gasteiger partial charge is 0.114 e. The summed E-state index contributed by atoms with van der Waals surface area (Å²) in [5.41, 5.74) is 2.11. The molecule has 0 amide bonds. The highest BCUT2D eigenvalue weighted by molar-refractivity contribution is 6.38. The van der Waals surface area contributed by atoms with E-state index in [1.807, 2.05) is 12.1 Å². The third kappa shape index (κ3) is 1.12. The third-order valence-corrected chi connectivity index (χ3v) is 2.07. The van der Waals surface area contributed by atoms with Crippen LogP contribution in [0.5, 0.6) is 0 Å². The van der Waals surface area contributed by atoms with E-state index in [-0.39, 0.29) is 0 Å². The Labute approximate surface area is 73.6 Å². The fourth-order valence-corrected chi connectivity index (χ4v) is 1.41. The van der Waals surface area contributed by atoms with Crippen LogP contribution in [-0.2, 0) is 0 Å². The van der Waals surface area contributed by atoms with E-state index < -0.39 is 0 Å². The van der Waals surface area contributed by atoms with Gasteiger partial charge in [0.05, 0.1) is 0 Å². The zero-order valence-corrected chi connectivity index (χ0v) is 7.04. The third-order valence-electron chi connectivity index (χ3n) is 2.07. The smallest absolute Gasteiger partial charge is 0.0890 e. The number of hydrogen-bond donors (Lipinski definition) is 0. The molecule has 12 heavy (non-hydrogen) atoms. The fraction of sp³-hybridized carbons (Fsp3) is 0.0909. The van der Waals surface area contributed by atoms with Gasteiger partial charge in [0.15, 0.2) is 0 Å². The lowest BCUT2D eigenvalue weighted by atomic mass is 9.89. The van der Waals surface area contributed by atoms with E-state index >= 15 is 0 Å². The van der Waals surface area contributed by atoms with E-state index in [0.29, 0.717) is 0 Å². The second-order valence-electron chi connectivity index (χ2n) is 3.07. The van der Waals surface area contributed by atoms with Crippen LogP contribution in [0.25, 0.3) is 10.8 Å². The number of fused-ring (bicyclic) bond motifs is 1. The lowest BCUT2D eigenvalue weighted by molar-refractivity contribution is 1.51. The topological polar surface area (TPSA) is 0 Å². The van der Waals surface area contributed by atoms with Crippen molar-refractivity contribution < 1.29 is 0 Å². The lowest BCUT2D eigenvalue weighted by Gasteiger charge is -2.02.